The summed E-state index contributed by atoms with van der Waals surface area (Å²) in [6, 6.07) is 8.32. The molecule has 1 aromatic carbocycles. The van der Waals surface area contributed by atoms with Crippen LogP contribution in [-0.2, 0) is 14.3 Å². The number of esters is 1. The summed E-state index contributed by atoms with van der Waals surface area (Å²) < 4.78 is 12.3. The van der Waals surface area contributed by atoms with Crippen molar-refractivity contribution < 1.29 is 14.3 Å². The van der Waals surface area contributed by atoms with Gasteiger partial charge in [0.05, 0.1) is 13.0 Å². The number of methoxy groups -OCH3 is 1. The maximum atomic E-state index is 13.3. The average molecular weight is 355 g/mol. The molecule has 1 aliphatic carbocycles. The molecule has 26 heavy (non-hydrogen) atoms. The van der Waals surface area contributed by atoms with Crippen LogP contribution in [0.3, 0.4) is 0 Å². The van der Waals surface area contributed by atoms with Crippen LogP contribution in [0, 0.1) is 12.8 Å². The van der Waals surface area contributed by atoms with Crippen molar-refractivity contribution in [3.8, 4) is 0 Å². The van der Waals surface area contributed by atoms with E-state index in [1.54, 1.807) is 0 Å². The van der Waals surface area contributed by atoms with Gasteiger partial charge in [-0.05, 0) is 50.1 Å². The number of benzene rings is 1. The SMILES string of the molecule is COC(=O)C1CC(n2c(C3CCOCC3)cc3ccc(C)cc3c2=O)C1. The van der Waals surface area contributed by atoms with Crippen molar-refractivity contribution in [1.29, 1.82) is 0 Å². The molecule has 0 bridgehead atoms. The molecule has 2 heterocycles. The van der Waals surface area contributed by atoms with Crippen molar-refractivity contribution in [1.82, 2.24) is 4.57 Å². The Morgan fingerprint density at radius 1 is 1.19 bits per heavy atom. The van der Waals surface area contributed by atoms with Crippen LogP contribution in [0.1, 0.15) is 48.9 Å². The highest BCUT2D eigenvalue weighted by atomic mass is 16.5. The van der Waals surface area contributed by atoms with Gasteiger partial charge >= 0.3 is 5.97 Å². The Kier molecular flexibility index (Phi) is 4.57. The first-order chi connectivity index (χ1) is 12.6. The summed E-state index contributed by atoms with van der Waals surface area (Å²) in [5, 5.41) is 1.77. The monoisotopic (exact) mass is 355 g/mol. The quantitative estimate of drug-likeness (QED) is 0.793. The van der Waals surface area contributed by atoms with Gasteiger partial charge in [-0.2, -0.15) is 0 Å². The minimum absolute atomic E-state index is 0.0704. The van der Waals surface area contributed by atoms with Crippen LogP contribution in [0.4, 0.5) is 0 Å². The summed E-state index contributed by atoms with van der Waals surface area (Å²) in [5.41, 5.74) is 2.25. The van der Waals surface area contributed by atoms with Crippen molar-refractivity contribution in [3.05, 3.63) is 45.9 Å². The van der Waals surface area contributed by atoms with Gasteiger partial charge in [0.1, 0.15) is 0 Å². The van der Waals surface area contributed by atoms with E-state index in [2.05, 4.69) is 12.1 Å². The molecule has 0 amide bonds. The lowest BCUT2D eigenvalue weighted by molar-refractivity contribution is -0.149. The number of ether oxygens (including phenoxy) is 2. The minimum atomic E-state index is -0.168. The highest BCUT2D eigenvalue weighted by Gasteiger charge is 2.38. The first-order valence-electron chi connectivity index (χ1n) is 9.40. The largest absolute Gasteiger partial charge is 0.469 e. The van der Waals surface area contributed by atoms with Gasteiger partial charge in [0.2, 0.25) is 0 Å². The van der Waals surface area contributed by atoms with Crippen LogP contribution >= 0.6 is 0 Å². The molecule has 2 aromatic rings. The van der Waals surface area contributed by atoms with Crippen molar-refractivity contribution in [2.45, 2.75) is 44.6 Å². The lowest BCUT2D eigenvalue weighted by Gasteiger charge is -2.38. The van der Waals surface area contributed by atoms with Crippen molar-refractivity contribution in [2.75, 3.05) is 20.3 Å². The highest BCUT2D eigenvalue weighted by molar-refractivity contribution is 5.83. The van der Waals surface area contributed by atoms with Crippen LogP contribution < -0.4 is 5.56 Å². The molecule has 0 radical (unpaired) electrons. The molecule has 0 N–H and O–H groups in total. The van der Waals surface area contributed by atoms with Gasteiger partial charge in [-0.3, -0.25) is 9.59 Å². The maximum absolute atomic E-state index is 13.3. The third-order valence-electron chi connectivity index (χ3n) is 5.89. The van der Waals surface area contributed by atoms with Gasteiger partial charge in [-0.15, -0.1) is 0 Å². The second-order valence-corrected chi connectivity index (χ2v) is 7.57. The zero-order valence-corrected chi connectivity index (χ0v) is 15.4. The number of aromatic nitrogens is 1. The van der Waals surface area contributed by atoms with Crippen molar-refractivity contribution >= 4 is 16.7 Å². The third kappa shape index (κ3) is 2.94. The molecule has 4 rings (SSSR count). The Labute approximate surface area is 152 Å². The second kappa shape index (κ2) is 6.88. The normalized spacial score (nSPS) is 23.6. The lowest BCUT2D eigenvalue weighted by Crippen LogP contribution is -2.40. The second-order valence-electron chi connectivity index (χ2n) is 7.57. The molecule has 1 aliphatic heterocycles. The number of hydrogen-bond acceptors (Lipinski definition) is 4. The number of hydrogen-bond donors (Lipinski definition) is 0. The molecule has 0 unspecified atom stereocenters. The molecular weight excluding hydrogens is 330 g/mol. The standard InChI is InChI=1S/C21H25NO4/c1-13-3-4-15-12-19(14-5-7-26-8-6-14)22(20(23)18(15)9-13)17-10-16(11-17)21(24)25-2/h3-4,9,12,14,16-17H,5-8,10-11H2,1-2H3. The van der Waals surface area contributed by atoms with E-state index >= 15 is 0 Å². The van der Waals surface area contributed by atoms with Crippen molar-refractivity contribution in [2.24, 2.45) is 5.92 Å². The van der Waals surface area contributed by atoms with E-state index in [4.69, 9.17) is 9.47 Å². The predicted molar refractivity (Wildman–Crippen MR) is 99.5 cm³/mol. The van der Waals surface area contributed by atoms with E-state index in [9.17, 15) is 9.59 Å². The summed E-state index contributed by atoms with van der Waals surface area (Å²) in [5.74, 6) is 0.0746. The zero-order chi connectivity index (χ0) is 18.3. The van der Waals surface area contributed by atoms with Crippen LogP contribution in [0.2, 0.25) is 0 Å². The number of carbonyl (C=O) groups excluding carboxylic acids is 1. The summed E-state index contributed by atoms with van der Waals surface area (Å²) in [6.45, 7) is 3.48. The fraction of sp³-hybridized carbons (Fsp3) is 0.524. The smallest absolute Gasteiger partial charge is 0.308 e. The lowest BCUT2D eigenvalue weighted by atomic mass is 9.79. The Hall–Kier alpha value is -2.14. The number of aryl methyl sites for hydroxylation is 1. The highest BCUT2D eigenvalue weighted by Crippen LogP contribution is 2.41. The van der Waals surface area contributed by atoms with Gasteiger partial charge in [0.25, 0.3) is 5.56 Å². The Balaban J connectivity index is 1.79. The molecule has 1 aromatic heterocycles. The molecule has 2 fully saturated rings. The molecule has 1 saturated heterocycles. The fourth-order valence-corrected chi connectivity index (χ4v) is 4.30. The Morgan fingerprint density at radius 2 is 1.92 bits per heavy atom. The molecule has 5 heteroatoms. The van der Waals surface area contributed by atoms with E-state index in [-0.39, 0.29) is 23.5 Å². The van der Waals surface area contributed by atoms with Gasteiger partial charge < -0.3 is 14.0 Å². The molecule has 5 nitrogen and oxygen atoms in total. The van der Waals surface area contributed by atoms with Crippen LogP contribution in [-0.4, -0.2) is 30.9 Å². The number of fused-ring (bicyclic) bond motifs is 1. The molecular formula is C21H25NO4. The first-order valence-corrected chi connectivity index (χ1v) is 9.40. The molecule has 138 valence electrons. The maximum Gasteiger partial charge on any atom is 0.308 e. The Bertz CT molecular complexity index is 889. The van der Waals surface area contributed by atoms with Crippen molar-refractivity contribution in [3.63, 3.8) is 0 Å². The summed E-state index contributed by atoms with van der Waals surface area (Å²) in [4.78, 5) is 25.1. The van der Waals surface area contributed by atoms with Gasteiger partial charge in [0, 0.05) is 36.3 Å². The summed E-state index contributed by atoms with van der Waals surface area (Å²) in [7, 11) is 1.42. The third-order valence-corrected chi connectivity index (χ3v) is 5.89. The van der Waals surface area contributed by atoms with Crippen LogP contribution in [0.25, 0.3) is 10.8 Å². The summed E-state index contributed by atoms with van der Waals surface area (Å²) >= 11 is 0. The van der Waals surface area contributed by atoms with E-state index < -0.39 is 0 Å². The number of carbonyl (C=O) groups is 1. The van der Waals surface area contributed by atoms with Crippen LogP contribution in [0.15, 0.2) is 29.1 Å². The van der Waals surface area contributed by atoms with E-state index in [1.165, 1.54) is 7.11 Å². The summed E-state index contributed by atoms with van der Waals surface area (Å²) in [6.07, 6.45) is 3.23. The molecule has 2 aliphatic rings. The minimum Gasteiger partial charge on any atom is -0.469 e. The van der Waals surface area contributed by atoms with E-state index in [1.807, 2.05) is 23.6 Å². The number of rotatable bonds is 3. The number of pyridine rings is 1. The first kappa shape index (κ1) is 17.3. The molecule has 0 atom stereocenters. The van der Waals surface area contributed by atoms with E-state index in [0.29, 0.717) is 18.8 Å². The van der Waals surface area contributed by atoms with Gasteiger partial charge in [0.15, 0.2) is 0 Å². The fourth-order valence-electron chi connectivity index (χ4n) is 4.30. The van der Waals surface area contributed by atoms with Gasteiger partial charge in [-0.1, -0.05) is 17.7 Å². The topological polar surface area (TPSA) is 57.5 Å². The van der Waals surface area contributed by atoms with E-state index in [0.717, 1.165) is 48.1 Å². The molecule has 0 spiro atoms. The predicted octanol–water partition coefficient (Wildman–Crippen LogP) is 3.33. The Morgan fingerprint density at radius 3 is 2.62 bits per heavy atom. The van der Waals surface area contributed by atoms with Gasteiger partial charge in [-0.25, -0.2) is 0 Å². The molecule has 1 saturated carbocycles. The average Bonchev–Trinajstić information content (AvgIpc) is 2.63. The zero-order valence-electron chi connectivity index (χ0n) is 15.4. The van der Waals surface area contributed by atoms with Crippen LogP contribution in [0.5, 0.6) is 0 Å². The number of nitrogens with zero attached hydrogens (tertiary/aromatic N) is 1.